The summed E-state index contributed by atoms with van der Waals surface area (Å²) in [5.41, 5.74) is 7.25. The van der Waals surface area contributed by atoms with E-state index in [-0.39, 0.29) is 17.5 Å². The van der Waals surface area contributed by atoms with Crippen LogP contribution in [0, 0.1) is 0 Å². The Morgan fingerprint density at radius 3 is 2.80 bits per heavy atom. The summed E-state index contributed by atoms with van der Waals surface area (Å²) in [6.07, 6.45) is 3.17. The van der Waals surface area contributed by atoms with Gasteiger partial charge < -0.3 is 10.5 Å². The van der Waals surface area contributed by atoms with Gasteiger partial charge in [0.15, 0.2) is 0 Å². The molecule has 0 aromatic carbocycles. The number of fused-ring (bicyclic) bond motifs is 1. The van der Waals surface area contributed by atoms with Crippen molar-refractivity contribution in [2.24, 2.45) is 0 Å². The average molecular weight is 272 g/mol. The van der Waals surface area contributed by atoms with Crippen molar-refractivity contribution in [2.75, 3.05) is 18.9 Å². The van der Waals surface area contributed by atoms with Gasteiger partial charge in [0.1, 0.15) is 11.5 Å². The maximum Gasteiger partial charge on any atom is 0.351 e. The SMILES string of the molecule is Nc1nc(=O)n(C2CCOC2)c2nc(C3CC3)ccc12. The summed E-state index contributed by atoms with van der Waals surface area (Å²) in [6, 6.07) is 3.95. The molecule has 1 atom stereocenters. The second-order valence-electron chi connectivity index (χ2n) is 5.55. The largest absolute Gasteiger partial charge is 0.383 e. The van der Waals surface area contributed by atoms with Gasteiger partial charge in [0.25, 0.3) is 0 Å². The monoisotopic (exact) mass is 272 g/mol. The molecule has 4 rings (SSSR count). The summed E-state index contributed by atoms with van der Waals surface area (Å²) in [6.45, 7) is 1.21. The second-order valence-corrected chi connectivity index (χ2v) is 5.55. The summed E-state index contributed by atoms with van der Waals surface area (Å²) in [5, 5.41) is 0.751. The van der Waals surface area contributed by atoms with Crippen LogP contribution in [-0.2, 0) is 4.74 Å². The highest BCUT2D eigenvalue weighted by atomic mass is 16.5. The van der Waals surface area contributed by atoms with E-state index in [2.05, 4.69) is 4.98 Å². The van der Waals surface area contributed by atoms with Gasteiger partial charge in [-0.15, -0.1) is 0 Å². The fourth-order valence-electron chi connectivity index (χ4n) is 2.82. The van der Waals surface area contributed by atoms with Crippen LogP contribution < -0.4 is 11.4 Å². The number of hydrogen-bond acceptors (Lipinski definition) is 5. The highest BCUT2D eigenvalue weighted by molar-refractivity contribution is 5.85. The fourth-order valence-corrected chi connectivity index (χ4v) is 2.82. The first kappa shape index (κ1) is 11.8. The van der Waals surface area contributed by atoms with E-state index < -0.39 is 0 Å². The van der Waals surface area contributed by atoms with E-state index in [4.69, 9.17) is 15.5 Å². The third kappa shape index (κ3) is 1.79. The van der Waals surface area contributed by atoms with Crippen molar-refractivity contribution in [3.8, 4) is 0 Å². The number of nitrogen functional groups attached to an aromatic ring is 1. The molecule has 1 aliphatic carbocycles. The highest BCUT2D eigenvalue weighted by Gasteiger charge is 2.27. The van der Waals surface area contributed by atoms with Gasteiger partial charge in [0, 0.05) is 18.2 Å². The topological polar surface area (TPSA) is 83.0 Å². The first-order valence-electron chi connectivity index (χ1n) is 7.00. The van der Waals surface area contributed by atoms with Crippen LogP contribution >= 0.6 is 0 Å². The molecule has 2 aromatic rings. The van der Waals surface area contributed by atoms with Crippen molar-refractivity contribution >= 4 is 16.9 Å². The average Bonchev–Trinajstić information content (AvgIpc) is 3.16. The lowest BCUT2D eigenvalue weighted by atomic mass is 10.2. The predicted molar refractivity (Wildman–Crippen MR) is 74.7 cm³/mol. The Morgan fingerprint density at radius 2 is 2.10 bits per heavy atom. The molecule has 2 aliphatic rings. The predicted octanol–water partition coefficient (Wildman–Crippen LogP) is 1.21. The number of rotatable bonds is 2. The molecule has 2 fully saturated rings. The Kier molecular flexibility index (Phi) is 2.53. The minimum Gasteiger partial charge on any atom is -0.383 e. The molecular weight excluding hydrogens is 256 g/mol. The van der Waals surface area contributed by atoms with Gasteiger partial charge in [-0.3, -0.25) is 4.57 Å². The summed E-state index contributed by atoms with van der Waals surface area (Å²) in [4.78, 5) is 20.8. The fraction of sp³-hybridized carbons (Fsp3) is 0.500. The molecule has 0 bridgehead atoms. The van der Waals surface area contributed by atoms with Crippen LogP contribution in [0.2, 0.25) is 0 Å². The molecule has 2 aromatic heterocycles. The molecule has 20 heavy (non-hydrogen) atoms. The van der Waals surface area contributed by atoms with Crippen LogP contribution in [0.15, 0.2) is 16.9 Å². The second kappa shape index (κ2) is 4.28. The van der Waals surface area contributed by atoms with Gasteiger partial charge in [-0.05, 0) is 31.4 Å². The Bertz CT molecular complexity index is 730. The van der Waals surface area contributed by atoms with E-state index in [1.54, 1.807) is 4.57 Å². The van der Waals surface area contributed by atoms with Crippen LogP contribution in [0.5, 0.6) is 0 Å². The zero-order chi connectivity index (χ0) is 13.7. The van der Waals surface area contributed by atoms with Crippen LogP contribution in [0.3, 0.4) is 0 Å². The van der Waals surface area contributed by atoms with Crippen molar-refractivity contribution in [1.82, 2.24) is 14.5 Å². The molecule has 1 aliphatic heterocycles. The number of hydrogen-bond donors (Lipinski definition) is 1. The highest BCUT2D eigenvalue weighted by Crippen LogP contribution is 2.39. The zero-order valence-corrected chi connectivity index (χ0v) is 11.1. The van der Waals surface area contributed by atoms with E-state index in [0.717, 1.165) is 17.5 Å². The van der Waals surface area contributed by atoms with Crippen LogP contribution in [-0.4, -0.2) is 27.7 Å². The molecule has 6 heteroatoms. The van der Waals surface area contributed by atoms with Crippen molar-refractivity contribution < 1.29 is 4.74 Å². The standard InChI is InChI=1S/C14H16N4O2/c15-12-10-3-4-11(8-1-2-8)16-13(10)18(14(19)17-12)9-5-6-20-7-9/h3-4,8-9H,1-2,5-7H2,(H2,15,17,19). The molecule has 1 unspecified atom stereocenters. The van der Waals surface area contributed by atoms with Crippen molar-refractivity contribution in [1.29, 1.82) is 0 Å². The maximum atomic E-state index is 12.2. The minimum absolute atomic E-state index is 0.0139. The third-order valence-corrected chi connectivity index (χ3v) is 4.09. The Hall–Kier alpha value is -1.95. The number of nitrogens with two attached hydrogens (primary N) is 1. The molecule has 0 spiro atoms. The Morgan fingerprint density at radius 1 is 1.25 bits per heavy atom. The van der Waals surface area contributed by atoms with Crippen molar-refractivity contribution in [3.63, 3.8) is 0 Å². The molecule has 1 saturated carbocycles. The van der Waals surface area contributed by atoms with Crippen LogP contribution in [0.25, 0.3) is 11.0 Å². The van der Waals surface area contributed by atoms with Crippen LogP contribution in [0.4, 0.5) is 5.82 Å². The van der Waals surface area contributed by atoms with Gasteiger partial charge >= 0.3 is 5.69 Å². The lowest BCUT2D eigenvalue weighted by molar-refractivity contribution is 0.186. The molecule has 3 heterocycles. The van der Waals surface area contributed by atoms with E-state index in [9.17, 15) is 4.79 Å². The molecular formula is C14H16N4O2. The number of anilines is 1. The number of pyridine rings is 1. The first-order valence-corrected chi connectivity index (χ1v) is 7.00. The summed E-state index contributed by atoms with van der Waals surface area (Å²) in [5.74, 6) is 0.798. The first-order chi connectivity index (χ1) is 9.74. The van der Waals surface area contributed by atoms with Gasteiger partial charge in [-0.2, -0.15) is 4.98 Å². The summed E-state index contributed by atoms with van der Waals surface area (Å²) in [7, 11) is 0. The van der Waals surface area contributed by atoms with Gasteiger partial charge in [-0.1, -0.05) is 0 Å². The third-order valence-electron chi connectivity index (χ3n) is 4.09. The van der Waals surface area contributed by atoms with Gasteiger partial charge in [0.2, 0.25) is 0 Å². The maximum absolute atomic E-state index is 12.2. The summed E-state index contributed by atoms with van der Waals surface area (Å²) < 4.78 is 7.05. The van der Waals surface area contributed by atoms with E-state index in [1.165, 1.54) is 12.8 Å². The number of aromatic nitrogens is 3. The Balaban J connectivity index is 1.98. The van der Waals surface area contributed by atoms with Crippen molar-refractivity contribution in [3.05, 3.63) is 28.3 Å². The van der Waals surface area contributed by atoms with E-state index in [1.807, 2.05) is 12.1 Å². The summed E-state index contributed by atoms with van der Waals surface area (Å²) >= 11 is 0. The van der Waals surface area contributed by atoms with E-state index >= 15 is 0 Å². The quantitative estimate of drug-likeness (QED) is 0.888. The molecule has 104 valence electrons. The van der Waals surface area contributed by atoms with Crippen molar-refractivity contribution in [2.45, 2.75) is 31.2 Å². The lowest BCUT2D eigenvalue weighted by Gasteiger charge is -2.15. The molecule has 6 nitrogen and oxygen atoms in total. The number of ether oxygens (including phenoxy) is 1. The van der Waals surface area contributed by atoms with Gasteiger partial charge in [0.05, 0.1) is 18.0 Å². The minimum atomic E-state index is -0.328. The van der Waals surface area contributed by atoms with Crippen LogP contribution in [0.1, 0.15) is 36.9 Å². The Labute approximate surface area is 115 Å². The number of nitrogens with zero attached hydrogens (tertiary/aromatic N) is 3. The molecule has 1 saturated heterocycles. The normalized spacial score (nSPS) is 22.5. The zero-order valence-electron chi connectivity index (χ0n) is 11.1. The molecule has 2 N–H and O–H groups in total. The molecule has 0 amide bonds. The van der Waals surface area contributed by atoms with Gasteiger partial charge in [-0.25, -0.2) is 9.78 Å². The lowest BCUT2D eigenvalue weighted by Crippen LogP contribution is -2.29. The smallest absolute Gasteiger partial charge is 0.351 e. The molecule has 0 radical (unpaired) electrons. The van der Waals surface area contributed by atoms with E-state index in [0.29, 0.717) is 24.8 Å².